The van der Waals surface area contributed by atoms with Gasteiger partial charge >= 0.3 is 0 Å². The van der Waals surface area contributed by atoms with E-state index in [1.807, 2.05) is 25.1 Å². The molecular formula is C18H23ClN4. The molecule has 0 spiro atoms. The van der Waals surface area contributed by atoms with Gasteiger partial charge in [0.05, 0.1) is 5.69 Å². The predicted octanol–water partition coefficient (Wildman–Crippen LogP) is 3.92. The van der Waals surface area contributed by atoms with Crippen LogP contribution in [0.25, 0.3) is 11.3 Å². The summed E-state index contributed by atoms with van der Waals surface area (Å²) >= 11 is 6.04. The lowest BCUT2D eigenvalue weighted by atomic mass is 10.0. The number of piperidine rings is 1. The number of aryl methyl sites for hydroxylation is 2. The highest BCUT2D eigenvalue weighted by Crippen LogP contribution is 2.27. The molecule has 0 bridgehead atoms. The smallest absolute Gasteiger partial charge is 0.149 e. The second-order valence-corrected chi connectivity index (χ2v) is 6.90. The molecule has 0 amide bonds. The molecular weight excluding hydrogens is 308 g/mol. The Morgan fingerprint density at radius 2 is 2.00 bits per heavy atom. The first-order valence-electron chi connectivity index (χ1n) is 8.09. The summed E-state index contributed by atoms with van der Waals surface area (Å²) in [6.07, 6.45) is 2.41. The van der Waals surface area contributed by atoms with E-state index in [-0.39, 0.29) is 0 Å². The Balaban J connectivity index is 1.80. The maximum Gasteiger partial charge on any atom is 0.149 e. The Hall–Kier alpha value is -1.65. The number of likely N-dealkylation sites (N-methyl/N-ethyl adjacent to an activating group) is 1. The van der Waals surface area contributed by atoms with Crippen LogP contribution in [0.3, 0.4) is 0 Å². The lowest BCUT2D eigenvalue weighted by Gasteiger charge is -2.30. The summed E-state index contributed by atoms with van der Waals surface area (Å²) in [7, 11) is 2.16. The minimum absolute atomic E-state index is 0.450. The lowest BCUT2D eigenvalue weighted by molar-refractivity contribution is 0.260. The molecule has 1 saturated heterocycles. The number of hydrogen-bond acceptors (Lipinski definition) is 4. The van der Waals surface area contributed by atoms with E-state index in [1.165, 1.54) is 19.4 Å². The molecule has 1 aliphatic heterocycles. The normalized spacial score (nSPS) is 18.9. The second-order valence-electron chi connectivity index (χ2n) is 6.47. The van der Waals surface area contributed by atoms with E-state index in [2.05, 4.69) is 40.5 Å². The van der Waals surface area contributed by atoms with Crippen molar-refractivity contribution >= 4 is 17.4 Å². The highest BCUT2D eigenvalue weighted by Gasteiger charge is 2.18. The van der Waals surface area contributed by atoms with Gasteiger partial charge in [0.15, 0.2) is 0 Å². The van der Waals surface area contributed by atoms with Crippen LogP contribution in [0.15, 0.2) is 24.3 Å². The molecule has 2 heterocycles. The Kier molecular flexibility index (Phi) is 4.83. The van der Waals surface area contributed by atoms with Crippen molar-refractivity contribution in [1.29, 1.82) is 0 Å². The van der Waals surface area contributed by atoms with Crippen LogP contribution in [0.1, 0.15) is 24.0 Å². The SMILES string of the molecule is Cc1cc(Cl)ccc1-c1nnc(N[C@@H]2CCCN(C)C2)cc1C. The molecule has 1 aromatic heterocycles. The molecule has 1 N–H and O–H groups in total. The molecule has 0 radical (unpaired) electrons. The van der Waals surface area contributed by atoms with Crippen molar-refractivity contribution in [1.82, 2.24) is 15.1 Å². The average Bonchev–Trinajstić information content (AvgIpc) is 2.48. The van der Waals surface area contributed by atoms with Crippen LogP contribution in [-0.4, -0.2) is 41.3 Å². The van der Waals surface area contributed by atoms with E-state index < -0.39 is 0 Å². The van der Waals surface area contributed by atoms with Gasteiger partial charge in [-0.1, -0.05) is 17.7 Å². The van der Waals surface area contributed by atoms with Gasteiger partial charge in [0, 0.05) is 23.2 Å². The number of nitrogens with zero attached hydrogens (tertiary/aromatic N) is 3. The van der Waals surface area contributed by atoms with Crippen LogP contribution in [0.5, 0.6) is 0 Å². The summed E-state index contributed by atoms with van der Waals surface area (Å²) in [6.45, 7) is 6.36. The van der Waals surface area contributed by atoms with Crippen LogP contribution in [0.2, 0.25) is 5.02 Å². The van der Waals surface area contributed by atoms with Crippen molar-refractivity contribution in [2.24, 2.45) is 0 Å². The predicted molar refractivity (Wildman–Crippen MR) is 96.1 cm³/mol. The van der Waals surface area contributed by atoms with Crippen molar-refractivity contribution in [3.8, 4) is 11.3 Å². The first kappa shape index (κ1) is 16.2. The fourth-order valence-corrected chi connectivity index (χ4v) is 3.43. The van der Waals surface area contributed by atoms with E-state index >= 15 is 0 Å². The Morgan fingerprint density at radius 1 is 1.17 bits per heavy atom. The number of aromatic nitrogens is 2. The topological polar surface area (TPSA) is 41.1 Å². The number of halogens is 1. The molecule has 0 unspecified atom stereocenters. The third kappa shape index (κ3) is 3.82. The molecule has 1 fully saturated rings. The Labute approximate surface area is 142 Å². The van der Waals surface area contributed by atoms with Gasteiger partial charge in [-0.15, -0.1) is 10.2 Å². The number of rotatable bonds is 3. The summed E-state index contributed by atoms with van der Waals surface area (Å²) in [5.41, 5.74) is 4.25. The molecule has 1 aromatic carbocycles. The van der Waals surface area contributed by atoms with Gasteiger partial charge in [0.25, 0.3) is 0 Å². The van der Waals surface area contributed by atoms with Crippen LogP contribution in [-0.2, 0) is 0 Å². The van der Waals surface area contributed by atoms with Crippen LogP contribution in [0.4, 0.5) is 5.82 Å². The number of nitrogens with one attached hydrogen (secondary N) is 1. The van der Waals surface area contributed by atoms with E-state index in [0.717, 1.165) is 39.8 Å². The molecule has 1 atom stereocenters. The second kappa shape index (κ2) is 6.85. The summed E-state index contributed by atoms with van der Waals surface area (Å²) in [5, 5.41) is 13.1. The molecule has 23 heavy (non-hydrogen) atoms. The number of hydrogen-bond donors (Lipinski definition) is 1. The van der Waals surface area contributed by atoms with Gasteiger partial charge in [0.1, 0.15) is 5.82 Å². The third-order valence-electron chi connectivity index (χ3n) is 4.40. The van der Waals surface area contributed by atoms with Crippen molar-refractivity contribution < 1.29 is 0 Å². The standard InChI is InChI=1S/C18H23ClN4/c1-12-9-14(19)6-7-16(12)18-13(2)10-17(21-22-18)20-15-5-4-8-23(3)11-15/h6-7,9-10,15H,4-5,8,11H2,1-3H3,(H,20,21)/t15-/m1/s1. The monoisotopic (exact) mass is 330 g/mol. The van der Waals surface area contributed by atoms with E-state index in [0.29, 0.717) is 6.04 Å². The van der Waals surface area contributed by atoms with Crippen LogP contribution < -0.4 is 5.32 Å². The Bertz CT molecular complexity index is 701. The van der Waals surface area contributed by atoms with Crippen molar-refractivity contribution in [3.63, 3.8) is 0 Å². The molecule has 5 heteroatoms. The highest BCUT2D eigenvalue weighted by atomic mass is 35.5. The van der Waals surface area contributed by atoms with Crippen molar-refractivity contribution in [3.05, 3.63) is 40.4 Å². The lowest BCUT2D eigenvalue weighted by Crippen LogP contribution is -2.39. The molecule has 3 rings (SSSR count). The molecule has 0 aliphatic carbocycles. The van der Waals surface area contributed by atoms with Gasteiger partial charge in [-0.25, -0.2) is 0 Å². The zero-order chi connectivity index (χ0) is 16.4. The average molecular weight is 331 g/mol. The highest BCUT2D eigenvalue weighted by molar-refractivity contribution is 6.30. The fraction of sp³-hybridized carbons (Fsp3) is 0.444. The van der Waals surface area contributed by atoms with E-state index in [4.69, 9.17) is 11.6 Å². The zero-order valence-corrected chi connectivity index (χ0v) is 14.7. The molecule has 0 saturated carbocycles. The van der Waals surface area contributed by atoms with Crippen molar-refractivity contribution in [2.45, 2.75) is 32.7 Å². The minimum atomic E-state index is 0.450. The van der Waals surface area contributed by atoms with Gasteiger partial charge in [-0.3, -0.25) is 0 Å². The van der Waals surface area contributed by atoms with Gasteiger partial charge in [0.2, 0.25) is 0 Å². The first-order valence-corrected chi connectivity index (χ1v) is 8.46. The quantitative estimate of drug-likeness (QED) is 0.926. The zero-order valence-electron chi connectivity index (χ0n) is 13.9. The molecule has 1 aliphatic rings. The summed E-state index contributed by atoms with van der Waals surface area (Å²) in [4.78, 5) is 2.35. The summed E-state index contributed by atoms with van der Waals surface area (Å²) < 4.78 is 0. The summed E-state index contributed by atoms with van der Waals surface area (Å²) in [5.74, 6) is 0.859. The molecule has 122 valence electrons. The van der Waals surface area contributed by atoms with Crippen LogP contribution in [0, 0.1) is 13.8 Å². The van der Waals surface area contributed by atoms with E-state index in [9.17, 15) is 0 Å². The number of likely N-dealkylation sites (tertiary alicyclic amines) is 1. The fourth-order valence-electron chi connectivity index (χ4n) is 3.21. The number of anilines is 1. The third-order valence-corrected chi connectivity index (χ3v) is 4.64. The van der Waals surface area contributed by atoms with Gasteiger partial charge < -0.3 is 10.2 Å². The van der Waals surface area contributed by atoms with Crippen LogP contribution >= 0.6 is 11.6 Å². The Morgan fingerprint density at radius 3 is 2.70 bits per heavy atom. The van der Waals surface area contributed by atoms with Gasteiger partial charge in [-0.2, -0.15) is 0 Å². The minimum Gasteiger partial charge on any atom is -0.365 e. The van der Waals surface area contributed by atoms with E-state index in [1.54, 1.807) is 0 Å². The van der Waals surface area contributed by atoms with Crippen molar-refractivity contribution in [2.75, 3.05) is 25.5 Å². The molecule has 4 nitrogen and oxygen atoms in total. The maximum atomic E-state index is 6.04. The summed E-state index contributed by atoms with van der Waals surface area (Å²) in [6, 6.07) is 8.41. The first-order chi connectivity index (χ1) is 11.0. The molecule has 2 aromatic rings. The maximum absolute atomic E-state index is 6.04. The number of benzene rings is 1. The largest absolute Gasteiger partial charge is 0.365 e. The van der Waals surface area contributed by atoms with Gasteiger partial charge in [-0.05, 0) is 69.6 Å².